The van der Waals surface area contributed by atoms with Crippen LogP contribution >= 0.6 is 0 Å². The van der Waals surface area contributed by atoms with E-state index < -0.39 is 0 Å². The Hall–Kier alpha value is -1.87. The van der Waals surface area contributed by atoms with Crippen LogP contribution in [0.25, 0.3) is 17.0 Å². The fourth-order valence-electron chi connectivity index (χ4n) is 2.17. The highest BCUT2D eigenvalue weighted by atomic mass is 16.2. The molecule has 0 unspecified atom stereocenters. The van der Waals surface area contributed by atoms with Crippen molar-refractivity contribution in [1.29, 1.82) is 0 Å². The molecule has 1 aromatic carbocycles. The molecule has 0 aliphatic rings. The summed E-state index contributed by atoms with van der Waals surface area (Å²) < 4.78 is 2.00. The molecule has 0 bridgehead atoms. The van der Waals surface area contributed by atoms with E-state index in [1.165, 1.54) is 0 Å². The fraction of sp³-hybridized carbons (Fsp3) is 0.353. The first kappa shape index (κ1) is 14.5. The van der Waals surface area contributed by atoms with Crippen molar-refractivity contribution in [2.45, 2.75) is 33.6 Å². The normalized spacial score (nSPS) is 11.9. The van der Waals surface area contributed by atoms with Gasteiger partial charge in [0.05, 0.1) is 11.4 Å². The van der Waals surface area contributed by atoms with Crippen molar-refractivity contribution >= 4 is 5.70 Å². The van der Waals surface area contributed by atoms with Crippen molar-refractivity contribution in [2.24, 2.45) is 0 Å². The number of aliphatic hydroxyl groups excluding tert-OH is 1. The second-order valence-electron chi connectivity index (χ2n) is 4.89. The van der Waals surface area contributed by atoms with Gasteiger partial charge in [0.25, 0.3) is 0 Å². The zero-order valence-corrected chi connectivity index (χ0v) is 12.4. The van der Waals surface area contributed by atoms with E-state index in [1.54, 1.807) is 0 Å². The van der Waals surface area contributed by atoms with E-state index in [-0.39, 0.29) is 6.61 Å². The number of allylic oxidation sites excluding steroid dienone is 2. The summed E-state index contributed by atoms with van der Waals surface area (Å²) in [6.45, 7) is 6.40. The van der Waals surface area contributed by atoms with Gasteiger partial charge in [0.2, 0.25) is 0 Å². The number of aliphatic hydroxyl groups is 1. The highest BCUT2D eigenvalue weighted by molar-refractivity contribution is 5.65. The van der Waals surface area contributed by atoms with Crippen molar-refractivity contribution in [3.05, 3.63) is 47.7 Å². The van der Waals surface area contributed by atoms with Gasteiger partial charge in [0.15, 0.2) is 0 Å². The van der Waals surface area contributed by atoms with E-state index in [0.29, 0.717) is 6.42 Å². The first-order valence-corrected chi connectivity index (χ1v) is 7.12. The molecule has 0 aliphatic carbocycles. The molecule has 0 radical (unpaired) electrons. The second kappa shape index (κ2) is 6.53. The van der Waals surface area contributed by atoms with E-state index in [1.807, 2.05) is 11.6 Å². The Labute approximate surface area is 120 Å². The Bertz CT molecular complexity index is 594. The van der Waals surface area contributed by atoms with Gasteiger partial charge in [0.1, 0.15) is 0 Å². The molecule has 1 N–H and O–H groups in total. The van der Waals surface area contributed by atoms with Crippen LogP contribution in [0.15, 0.2) is 36.4 Å². The average Bonchev–Trinajstić information content (AvgIpc) is 2.92. The predicted molar refractivity (Wildman–Crippen MR) is 83.5 cm³/mol. The molecule has 106 valence electrons. The summed E-state index contributed by atoms with van der Waals surface area (Å²) in [6.07, 6.45) is 3.70. The van der Waals surface area contributed by atoms with Gasteiger partial charge < -0.3 is 5.11 Å². The van der Waals surface area contributed by atoms with E-state index >= 15 is 0 Å². The van der Waals surface area contributed by atoms with Crippen molar-refractivity contribution in [1.82, 2.24) is 9.78 Å². The molecule has 0 amide bonds. The first-order chi connectivity index (χ1) is 9.69. The summed E-state index contributed by atoms with van der Waals surface area (Å²) in [4.78, 5) is 0. The number of benzene rings is 1. The maximum atomic E-state index is 8.97. The number of nitrogens with zero attached hydrogens (tertiary/aromatic N) is 2. The van der Waals surface area contributed by atoms with Gasteiger partial charge in [-0.3, -0.25) is 0 Å². The minimum atomic E-state index is 0.189. The number of aromatic nitrogens is 2. The lowest BCUT2D eigenvalue weighted by Gasteiger charge is -2.08. The summed E-state index contributed by atoms with van der Waals surface area (Å²) in [7, 11) is 0. The van der Waals surface area contributed by atoms with Gasteiger partial charge in [-0.1, -0.05) is 37.3 Å². The molecule has 0 aliphatic heterocycles. The Morgan fingerprint density at radius 2 is 2.00 bits per heavy atom. The van der Waals surface area contributed by atoms with Gasteiger partial charge in [-0.05, 0) is 38.3 Å². The smallest absolute Gasteiger partial charge is 0.0739 e. The molecule has 2 aromatic rings. The highest BCUT2D eigenvalue weighted by Gasteiger charge is 2.10. The fourth-order valence-corrected chi connectivity index (χ4v) is 2.17. The van der Waals surface area contributed by atoms with Gasteiger partial charge in [-0.15, -0.1) is 0 Å². The van der Waals surface area contributed by atoms with Crippen LogP contribution in [0, 0.1) is 0 Å². The molecule has 1 aromatic heterocycles. The second-order valence-corrected chi connectivity index (χ2v) is 4.89. The third-order valence-electron chi connectivity index (χ3n) is 3.52. The number of hydrogen-bond donors (Lipinski definition) is 1. The molecule has 1 heterocycles. The molecule has 20 heavy (non-hydrogen) atoms. The number of hydrogen-bond acceptors (Lipinski definition) is 2. The third kappa shape index (κ3) is 2.99. The van der Waals surface area contributed by atoms with Gasteiger partial charge in [-0.25, -0.2) is 4.68 Å². The topological polar surface area (TPSA) is 38.0 Å². The van der Waals surface area contributed by atoms with Crippen molar-refractivity contribution < 1.29 is 5.11 Å². The maximum Gasteiger partial charge on any atom is 0.0739 e. The van der Waals surface area contributed by atoms with Gasteiger partial charge in [-0.2, -0.15) is 5.10 Å². The lowest BCUT2D eigenvalue weighted by Crippen LogP contribution is -1.99. The van der Waals surface area contributed by atoms with Crippen LogP contribution in [-0.4, -0.2) is 21.5 Å². The largest absolute Gasteiger partial charge is 0.396 e. The Morgan fingerprint density at radius 1 is 1.30 bits per heavy atom. The monoisotopic (exact) mass is 270 g/mol. The summed E-state index contributed by atoms with van der Waals surface area (Å²) in [5.74, 6) is 0. The molecule has 0 atom stereocenters. The van der Waals surface area contributed by atoms with E-state index in [0.717, 1.165) is 34.6 Å². The standard InChI is InChI=1S/C17H22N2O/c1-4-13(3)19-17(12-16(5-2)18-19)15-8-6-14(7-9-15)10-11-20/h4,6-9,12,20H,5,10-11H2,1-3H3/b13-4+. The van der Waals surface area contributed by atoms with Gasteiger partial charge in [0, 0.05) is 17.9 Å². The van der Waals surface area contributed by atoms with Crippen LogP contribution in [0.1, 0.15) is 32.0 Å². The zero-order chi connectivity index (χ0) is 14.5. The molecule has 3 heteroatoms. The lowest BCUT2D eigenvalue weighted by molar-refractivity contribution is 0.299. The van der Waals surface area contributed by atoms with Crippen molar-refractivity contribution in [3.63, 3.8) is 0 Å². The highest BCUT2D eigenvalue weighted by Crippen LogP contribution is 2.24. The zero-order valence-electron chi connectivity index (χ0n) is 12.4. The minimum absolute atomic E-state index is 0.189. The summed E-state index contributed by atoms with van der Waals surface area (Å²) in [5.41, 5.74) is 5.65. The molecule has 0 saturated heterocycles. The molecule has 3 nitrogen and oxygen atoms in total. The van der Waals surface area contributed by atoms with E-state index in [2.05, 4.69) is 55.4 Å². The number of aryl methyl sites for hydroxylation is 1. The van der Waals surface area contributed by atoms with Crippen molar-refractivity contribution in [3.8, 4) is 11.3 Å². The molecule has 0 spiro atoms. The maximum absolute atomic E-state index is 8.97. The van der Waals surface area contributed by atoms with Crippen LogP contribution in [0.3, 0.4) is 0 Å². The Balaban J connectivity index is 2.42. The van der Waals surface area contributed by atoms with Crippen molar-refractivity contribution in [2.75, 3.05) is 6.61 Å². The predicted octanol–water partition coefficient (Wildman–Crippen LogP) is 3.53. The summed E-state index contributed by atoms with van der Waals surface area (Å²) >= 11 is 0. The molecule has 2 rings (SSSR count). The Morgan fingerprint density at radius 3 is 2.55 bits per heavy atom. The summed E-state index contributed by atoms with van der Waals surface area (Å²) in [5, 5.41) is 13.6. The minimum Gasteiger partial charge on any atom is -0.396 e. The van der Waals surface area contributed by atoms with E-state index in [9.17, 15) is 0 Å². The van der Waals surface area contributed by atoms with Gasteiger partial charge >= 0.3 is 0 Å². The molecule has 0 saturated carbocycles. The van der Waals surface area contributed by atoms with Crippen LogP contribution in [0.2, 0.25) is 0 Å². The van der Waals surface area contributed by atoms with Crippen LogP contribution in [0.4, 0.5) is 0 Å². The van der Waals surface area contributed by atoms with Crippen LogP contribution in [-0.2, 0) is 12.8 Å². The Kier molecular flexibility index (Phi) is 4.74. The first-order valence-electron chi connectivity index (χ1n) is 7.12. The average molecular weight is 270 g/mol. The number of rotatable bonds is 5. The molecule has 0 fully saturated rings. The molecular formula is C17H22N2O. The SMILES string of the molecule is C/C=C(\C)n1nc(CC)cc1-c1ccc(CCO)cc1. The third-order valence-corrected chi connectivity index (χ3v) is 3.52. The molecular weight excluding hydrogens is 248 g/mol. The quantitative estimate of drug-likeness (QED) is 0.902. The summed E-state index contributed by atoms with van der Waals surface area (Å²) in [6, 6.07) is 10.5. The lowest BCUT2D eigenvalue weighted by atomic mass is 10.1. The van der Waals surface area contributed by atoms with Crippen LogP contribution in [0.5, 0.6) is 0 Å². The van der Waals surface area contributed by atoms with Crippen LogP contribution < -0.4 is 0 Å². The van der Waals surface area contributed by atoms with E-state index in [4.69, 9.17) is 5.11 Å².